The number of ketones is 1. The summed E-state index contributed by atoms with van der Waals surface area (Å²) in [5.74, 6) is 0.00904. The summed E-state index contributed by atoms with van der Waals surface area (Å²) in [7, 11) is 0. The number of rotatable bonds is 3. The summed E-state index contributed by atoms with van der Waals surface area (Å²) in [5, 5.41) is 0.734. The third-order valence-corrected chi connectivity index (χ3v) is 4.29. The van der Waals surface area contributed by atoms with E-state index in [4.69, 9.17) is 0 Å². The summed E-state index contributed by atoms with van der Waals surface area (Å²) < 4.78 is 38.4. The number of alkyl halides is 3. The van der Waals surface area contributed by atoms with Crippen molar-refractivity contribution in [1.82, 2.24) is 0 Å². The number of carbonyl (C=O) groups excluding carboxylic acids is 1. The number of hydrogen-bond donors (Lipinski definition) is 0. The highest BCUT2D eigenvalue weighted by molar-refractivity contribution is 7.21. The quantitative estimate of drug-likeness (QED) is 0.708. The van der Waals surface area contributed by atoms with E-state index < -0.39 is 11.7 Å². The molecule has 0 saturated carbocycles. The molecule has 2 rings (SSSR count). The molecule has 0 spiro atoms. The van der Waals surface area contributed by atoms with Gasteiger partial charge in [0.2, 0.25) is 0 Å². The molecule has 0 atom stereocenters. The maximum absolute atomic E-state index is 12.6. The van der Waals surface area contributed by atoms with Gasteiger partial charge in [0.25, 0.3) is 0 Å². The van der Waals surface area contributed by atoms with E-state index in [-0.39, 0.29) is 5.78 Å². The first-order chi connectivity index (χ1) is 8.84. The van der Waals surface area contributed by atoms with Crippen LogP contribution in [0.1, 0.15) is 40.6 Å². The summed E-state index contributed by atoms with van der Waals surface area (Å²) in [5.41, 5.74) is 0.114. The summed E-state index contributed by atoms with van der Waals surface area (Å²) in [4.78, 5) is 12.5. The minimum atomic E-state index is -4.35. The monoisotopic (exact) mass is 286 g/mol. The molecule has 0 aliphatic heterocycles. The smallest absolute Gasteiger partial charge is 0.293 e. The molecule has 0 radical (unpaired) electrons. The normalized spacial score (nSPS) is 12.1. The maximum atomic E-state index is 12.6. The van der Waals surface area contributed by atoms with Crippen LogP contribution in [-0.2, 0) is 6.18 Å². The largest absolute Gasteiger partial charge is 0.416 e. The van der Waals surface area contributed by atoms with Crippen LogP contribution in [0.15, 0.2) is 18.2 Å². The number of thiophene rings is 1. The van der Waals surface area contributed by atoms with Crippen molar-refractivity contribution < 1.29 is 18.0 Å². The average Bonchev–Trinajstić information content (AvgIpc) is 2.66. The molecule has 19 heavy (non-hydrogen) atoms. The lowest BCUT2D eigenvalue weighted by atomic mass is 10.1. The predicted molar refractivity (Wildman–Crippen MR) is 70.8 cm³/mol. The van der Waals surface area contributed by atoms with Crippen molar-refractivity contribution in [2.24, 2.45) is 0 Å². The van der Waals surface area contributed by atoms with Crippen molar-refractivity contribution in [3.8, 4) is 0 Å². The van der Waals surface area contributed by atoms with Crippen LogP contribution in [0.3, 0.4) is 0 Å². The number of halogens is 3. The Morgan fingerprint density at radius 1 is 1.32 bits per heavy atom. The van der Waals surface area contributed by atoms with Gasteiger partial charge in [0.1, 0.15) is 0 Å². The molecule has 0 aliphatic carbocycles. The topological polar surface area (TPSA) is 17.1 Å². The minimum absolute atomic E-state index is 0.00904. The van der Waals surface area contributed by atoms with Gasteiger partial charge in [-0.3, -0.25) is 4.79 Å². The van der Waals surface area contributed by atoms with E-state index in [1.165, 1.54) is 6.07 Å². The molecule has 0 fully saturated rings. The van der Waals surface area contributed by atoms with Crippen molar-refractivity contribution in [3.63, 3.8) is 0 Å². The Hall–Kier alpha value is -1.36. The second-order valence-corrected chi connectivity index (χ2v) is 5.49. The number of aryl methyl sites for hydroxylation is 1. The van der Waals surface area contributed by atoms with Gasteiger partial charge in [-0.25, -0.2) is 0 Å². The Morgan fingerprint density at radius 3 is 2.58 bits per heavy atom. The van der Waals surface area contributed by atoms with E-state index in [9.17, 15) is 18.0 Å². The first-order valence-electron chi connectivity index (χ1n) is 5.98. The molecule has 0 unspecified atom stereocenters. The number of benzene rings is 1. The Bertz CT molecular complexity index is 625. The van der Waals surface area contributed by atoms with E-state index >= 15 is 0 Å². The van der Waals surface area contributed by atoms with Crippen LogP contribution in [0.25, 0.3) is 10.1 Å². The molecule has 0 bridgehead atoms. The lowest BCUT2D eigenvalue weighted by Crippen LogP contribution is -2.03. The molecule has 5 heteroatoms. The van der Waals surface area contributed by atoms with Crippen LogP contribution >= 0.6 is 11.3 Å². The second kappa shape index (κ2) is 4.96. The predicted octanol–water partition coefficient (Wildman–Crippen LogP) is 5.21. The number of carbonyl (C=O) groups is 1. The molecule has 2 aromatic rings. The fourth-order valence-corrected chi connectivity index (χ4v) is 3.22. The first-order valence-corrected chi connectivity index (χ1v) is 6.79. The van der Waals surface area contributed by atoms with Gasteiger partial charge in [-0.15, -0.1) is 11.3 Å². The molecular weight excluding hydrogens is 273 g/mol. The van der Waals surface area contributed by atoms with Crippen molar-refractivity contribution in [2.45, 2.75) is 32.9 Å². The number of Topliss-reactive ketones (excluding diaryl/α,β-unsaturated/α-hetero) is 1. The summed E-state index contributed by atoms with van der Waals surface area (Å²) in [6.07, 6.45) is -3.18. The molecule has 1 heterocycles. The Balaban J connectivity index is 2.54. The molecule has 1 aromatic carbocycles. The van der Waals surface area contributed by atoms with Crippen LogP contribution in [-0.4, -0.2) is 5.78 Å². The maximum Gasteiger partial charge on any atom is 0.416 e. The van der Waals surface area contributed by atoms with Crippen molar-refractivity contribution in [1.29, 1.82) is 0 Å². The van der Waals surface area contributed by atoms with Gasteiger partial charge in [-0.2, -0.15) is 13.2 Å². The van der Waals surface area contributed by atoms with E-state index in [1.807, 2.05) is 6.92 Å². The lowest BCUT2D eigenvalue weighted by Gasteiger charge is -2.05. The third kappa shape index (κ3) is 2.66. The van der Waals surface area contributed by atoms with Gasteiger partial charge in [0.05, 0.1) is 10.4 Å². The van der Waals surface area contributed by atoms with Crippen LogP contribution in [0.4, 0.5) is 13.2 Å². The third-order valence-electron chi connectivity index (χ3n) is 3.00. The molecular formula is C14H13F3OS. The van der Waals surface area contributed by atoms with E-state index in [1.54, 1.807) is 6.92 Å². The van der Waals surface area contributed by atoms with Gasteiger partial charge >= 0.3 is 6.18 Å². The summed E-state index contributed by atoms with van der Waals surface area (Å²) >= 11 is 1.15. The van der Waals surface area contributed by atoms with Gasteiger partial charge in [0.15, 0.2) is 5.78 Å². The Labute approximate surface area is 113 Å². The molecule has 1 aromatic heterocycles. The molecule has 1 nitrogen and oxygen atoms in total. The van der Waals surface area contributed by atoms with E-state index in [0.29, 0.717) is 16.0 Å². The summed E-state index contributed by atoms with van der Waals surface area (Å²) in [6, 6.07) is 3.64. The van der Waals surface area contributed by atoms with Crippen molar-refractivity contribution >= 4 is 27.2 Å². The molecule has 0 saturated heterocycles. The van der Waals surface area contributed by atoms with Crippen molar-refractivity contribution in [2.75, 3.05) is 0 Å². The van der Waals surface area contributed by atoms with E-state index in [0.717, 1.165) is 40.8 Å². The molecule has 0 N–H and O–H groups in total. The fourth-order valence-electron chi connectivity index (χ4n) is 2.01. The number of hydrogen-bond acceptors (Lipinski definition) is 2. The zero-order valence-corrected chi connectivity index (χ0v) is 11.4. The highest BCUT2D eigenvalue weighted by Crippen LogP contribution is 2.37. The van der Waals surface area contributed by atoms with E-state index in [2.05, 4.69) is 0 Å². The van der Waals surface area contributed by atoms with Gasteiger partial charge in [-0.1, -0.05) is 13.0 Å². The SMILES string of the molecule is CCCC(=O)c1sc2cc(C(F)(F)F)ccc2c1C. The van der Waals surface area contributed by atoms with Crippen LogP contribution in [0.2, 0.25) is 0 Å². The molecule has 0 amide bonds. The first kappa shape index (κ1) is 14.1. The standard InChI is InChI=1S/C14H13F3OS/c1-3-4-11(18)13-8(2)10-6-5-9(14(15,16)17)7-12(10)19-13/h5-7H,3-4H2,1-2H3. The zero-order valence-electron chi connectivity index (χ0n) is 10.6. The lowest BCUT2D eigenvalue weighted by molar-refractivity contribution is -0.137. The van der Waals surface area contributed by atoms with Gasteiger partial charge in [-0.05, 0) is 36.4 Å². The van der Waals surface area contributed by atoms with Crippen LogP contribution in [0.5, 0.6) is 0 Å². The van der Waals surface area contributed by atoms with Crippen LogP contribution in [0, 0.1) is 6.92 Å². The second-order valence-electron chi connectivity index (χ2n) is 4.44. The summed E-state index contributed by atoms with van der Waals surface area (Å²) in [6.45, 7) is 3.69. The molecule has 0 aliphatic rings. The Morgan fingerprint density at radius 2 is 2.00 bits per heavy atom. The average molecular weight is 286 g/mol. The minimum Gasteiger partial charge on any atom is -0.293 e. The van der Waals surface area contributed by atoms with Crippen LogP contribution < -0.4 is 0 Å². The zero-order chi connectivity index (χ0) is 14.2. The fraction of sp³-hybridized carbons (Fsp3) is 0.357. The highest BCUT2D eigenvalue weighted by atomic mass is 32.1. The van der Waals surface area contributed by atoms with Gasteiger partial charge in [0, 0.05) is 11.1 Å². The molecule has 102 valence electrons. The Kier molecular flexibility index (Phi) is 3.67. The van der Waals surface area contributed by atoms with Gasteiger partial charge < -0.3 is 0 Å². The van der Waals surface area contributed by atoms with Crippen molar-refractivity contribution in [3.05, 3.63) is 34.2 Å². The number of fused-ring (bicyclic) bond motifs is 1. The highest BCUT2D eigenvalue weighted by Gasteiger charge is 2.31.